The lowest BCUT2D eigenvalue weighted by Crippen LogP contribution is -2.09. The second-order valence-corrected chi connectivity index (χ2v) is 6.70. The Bertz CT molecular complexity index is 1070. The molecule has 27 heavy (non-hydrogen) atoms. The summed E-state index contributed by atoms with van der Waals surface area (Å²) in [5, 5.41) is 16.4. The quantitative estimate of drug-likeness (QED) is 0.452. The lowest BCUT2D eigenvalue weighted by atomic mass is 10.1. The van der Waals surface area contributed by atoms with Gasteiger partial charge in [0.05, 0.1) is 6.20 Å². The highest BCUT2D eigenvalue weighted by Crippen LogP contribution is 2.22. The molecule has 136 valence electrons. The normalized spacial score (nSPS) is 10.9. The average Bonchev–Trinajstić information content (AvgIpc) is 3.09. The Balaban J connectivity index is 1.39. The third kappa shape index (κ3) is 4.01. The molecule has 2 aromatic heterocycles. The van der Waals surface area contributed by atoms with Gasteiger partial charge in [-0.2, -0.15) is 10.1 Å². The van der Waals surface area contributed by atoms with Crippen LogP contribution in [0, 0.1) is 6.92 Å². The minimum atomic E-state index is 0.484. The molecule has 0 spiro atoms. The number of aromatic nitrogens is 4. The van der Waals surface area contributed by atoms with Gasteiger partial charge >= 0.3 is 0 Å². The Labute approximate surface area is 162 Å². The summed E-state index contributed by atoms with van der Waals surface area (Å²) in [5.74, 6) is 1.09. The minimum absolute atomic E-state index is 0.484. The maximum atomic E-state index is 6.17. The molecule has 0 radical (unpaired) electrons. The molecule has 0 aliphatic heterocycles. The Hall–Kier alpha value is -3.12. The van der Waals surface area contributed by atoms with Crippen molar-refractivity contribution in [2.75, 3.05) is 17.2 Å². The second-order valence-electron chi connectivity index (χ2n) is 6.29. The number of nitrogens with one attached hydrogen (secondary N) is 3. The van der Waals surface area contributed by atoms with E-state index in [1.807, 2.05) is 43.5 Å². The van der Waals surface area contributed by atoms with Gasteiger partial charge in [-0.15, -0.1) is 5.10 Å². The van der Waals surface area contributed by atoms with Crippen LogP contribution in [0.25, 0.3) is 10.9 Å². The van der Waals surface area contributed by atoms with E-state index in [2.05, 4.69) is 42.9 Å². The van der Waals surface area contributed by atoms with E-state index >= 15 is 0 Å². The fraction of sp³-hybridized carbons (Fsp3) is 0.150. The van der Waals surface area contributed by atoms with Crippen molar-refractivity contribution in [3.8, 4) is 0 Å². The van der Waals surface area contributed by atoms with Crippen LogP contribution in [0.3, 0.4) is 0 Å². The number of para-hydroxylation sites is 1. The molecule has 2 heterocycles. The molecule has 3 N–H and O–H groups in total. The summed E-state index contributed by atoms with van der Waals surface area (Å²) < 4.78 is 0. The maximum Gasteiger partial charge on any atom is 0.244 e. The summed E-state index contributed by atoms with van der Waals surface area (Å²) >= 11 is 6.17. The fourth-order valence-electron chi connectivity index (χ4n) is 2.90. The number of halogens is 1. The molecule has 2 aromatic carbocycles. The van der Waals surface area contributed by atoms with Gasteiger partial charge < -0.3 is 15.6 Å². The van der Waals surface area contributed by atoms with Crippen molar-refractivity contribution in [2.45, 2.75) is 13.3 Å². The van der Waals surface area contributed by atoms with Gasteiger partial charge in [0.2, 0.25) is 5.95 Å². The first kappa shape index (κ1) is 17.3. The number of anilines is 3. The van der Waals surface area contributed by atoms with Crippen molar-refractivity contribution < 1.29 is 0 Å². The summed E-state index contributed by atoms with van der Waals surface area (Å²) in [5.41, 5.74) is 4.29. The van der Waals surface area contributed by atoms with Crippen LogP contribution < -0.4 is 10.6 Å². The Morgan fingerprint density at radius 2 is 2.04 bits per heavy atom. The Morgan fingerprint density at radius 3 is 2.93 bits per heavy atom. The molecule has 7 heteroatoms. The van der Waals surface area contributed by atoms with E-state index in [9.17, 15) is 0 Å². The van der Waals surface area contributed by atoms with Crippen LogP contribution in [0.1, 0.15) is 11.1 Å². The van der Waals surface area contributed by atoms with Gasteiger partial charge in [0.25, 0.3) is 0 Å². The molecule has 0 amide bonds. The van der Waals surface area contributed by atoms with E-state index in [4.69, 9.17) is 11.6 Å². The van der Waals surface area contributed by atoms with Gasteiger partial charge in [-0.3, -0.25) is 0 Å². The number of fused-ring (bicyclic) bond motifs is 1. The molecular formula is C20H19ClN6. The molecule has 0 aliphatic rings. The fourth-order valence-corrected chi connectivity index (χ4v) is 3.09. The molecule has 0 saturated carbocycles. The molecule has 0 fully saturated rings. The molecule has 0 unspecified atom stereocenters. The first-order valence-corrected chi connectivity index (χ1v) is 9.08. The summed E-state index contributed by atoms with van der Waals surface area (Å²) in [4.78, 5) is 7.74. The van der Waals surface area contributed by atoms with Gasteiger partial charge in [0, 0.05) is 34.4 Å². The molecule has 0 aliphatic carbocycles. The highest BCUT2D eigenvalue weighted by molar-refractivity contribution is 6.31. The summed E-state index contributed by atoms with van der Waals surface area (Å²) in [6, 6.07) is 14.0. The summed E-state index contributed by atoms with van der Waals surface area (Å²) in [6.07, 6.45) is 4.49. The number of hydrogen-bond acceptors (Lipinski definition) is 5. The van der Waals surface area contributed by atoms with Crippen LogP contribution in [-0.2, 0) is 6.42 Å². The molecule has 0 saturated heterocycles. The van der Waals surface area contributed by atoms with Crippen LogP contribution in [0.2, 0.25) is 5.02 Å². The van der Waals surface area contributed by atoms with E-state index in [0.717, 1.165) is 23.2 Å². The van der Waals surface area contributed by atoms with Crippen LogP contribution in [-0.4, -0.2) is 26.7 Å². The number of hydrogen-bond donors (Lipinski definition) is 3. The lowest BCUT2D eigenvalue weighted by Gasteiger charge is -2.08. The minimum Gasteiger partial charge on any atom is -0.361 e. The number of aryl methyl sites for hydroxylation is 1. The van der Waals surface area contributed by atoms with Crippen molar-refractivity contribution in [2.24, 2.45) is 0 Å². The van der Waals surface area contributed by atoms with E-state index in [-0.39, 0.29) is 0 Å². The van der Waals surface area contributed by atoms with Crippen LogP contribution in [0.5, 0.6) is 0 Å². The topological polar surface area (TPSA) is 78.5 Å². The molecular weight excluding hydrogens is 360 g/mol. The predicted molar refractivity (Wildman–Crippen MR) is 110 cm³/mol. The SMILES string of the molecule is Cc1ccc(Nc2cnnc(NCCc3c[nH]c4ccccc34)n2)cc1Cl. The van der Waals surface area contributed by atoms with Gasteiger partial charge in [-0.25, -0.2) is 0 Å². The van der Waals surface area contributed by atoms with Crippen molar-refractivity contribution in [3.63, 3.8) is 0 Å². The van der Waals surface area contributed by atoms with E-state index in [1.165, 1.54) is 10.9 Å². The van der Waals surface area contributed by atoms with Gasteiger partial charge in [0.15, 0.2) is 5.82 Å². The Kier molecular flexibility index (Phi) is 4.89. The van der Waals surface area contributed by atoms with Gasteiger partial charge in [-0.05, 0) is 42.7 Å². The zero-order chi connectivity index (χ0) is 18.6. The average molecular weight is 379 g/mol. The second kappa shape index (κ2) is 7.63. The first-order valence-electron chi connectivity index (χ1n) is 8.71. The number of rotatable bonds is 6. The van der Waals surface area contributed by atoms with Crippen LogP contribution in [0.15, 0.2) is 54.9 Å². The van der Waals surface area contributed by atoms with E-state index in [1.54, 1.807) is 6.20 Å². The largest absolute Gasteiger partial charge is 0.361 e. The highest BCUT2D eigenvalue weighted by Gasteiger charge is 2.05. The lowest BCUT2D eigenvalue weighted by molar-refractivity contribution is 0.931. The molecule has 4 aromatic rings. The smallest absolute Gasteiger partial charge is 0.244 e. The summed E-state index contributed by atoms with van der Waals surface area (Å²) in [7, 11) is 0. The van der Waals surface area contributed by atoms with E-state index < -0.39 is 0 Å². The monoisotopic (exact) mass is 378 g/mol. The first-order chi connectivity index (χ1) is 13.2. The number of benzene rings is 2. The zero-order valence-corrected chi connectivity index (χ0v) is 15.6. The highest BCUT2D eigenvalue weighted by atomic mass is 35.5. The van der Waals surface area contributed by atoms with Crippen LogP contribution >= 0.6 is 11.6 Å². The summed E-state index contributed by atoms with van der Waals surface area (Å²) in [6.45, 7) is 2.68. The molecule has 0 bridgehead atoms. The Morgan fingerprint density at radius 1 is 1.15 bits per heavy atom. The third-order valence-corrected chi connectivity index (χ3v) is 4.76. The van der Waals surface area contributed by atoms with Crippen molar-refractivity contribution in [1.82, 2.24) is 20.2 Å². The van der Waals surface area contributed by atoms with Crippen molar-refractivity contribution in [1.29, 1.82) is 0 Å². The van der Waals surface area contributed by atoms with Crippen molar-refractivity contribution >= 4 is 40.0 Å². The molecule has 0 atom stereocenters. The van der Waals surface area contributed by atoms with E-state index in [0.29, 0.717) is 23.3 Å². The van der Waals surface area contributed by atoms with Crippen molar-refractivity contribution in [3.05, 3.63) is 71.0 Å². The van der Waals surface area contributed by atoms with Gasteiger partial charge in [-0.1, -0.05) is 35.9 Å². The number of aromatic amines is 1. The zero-order valence-electron chi connectivity index (χ0n) is 14.8. The van der Waals surface area contributed by atoms with Crippen LogP contribution in [0.4, 0.5) is 17.5 Å². The maximum absolute atomic E-state index is 6.17. The predicted octanol–water partition coefficient (Wildman–Crippen LogP) is 4.71. The molecule has 4 rings (SSSR count). The number of H-pyrrole nitrogens is 1. The third-order valence-electron chi connectivity index (χ3n) is 4.36. The molecule has 6 nitrogen and oxygen atoms in total. The van der Waals surface area contributed by atoms with Gasteiger partial charge in [0.1, 0.15) is 0 Å². The number of nitrogens with zero attached hydrogens (tertiary/aromatic N) is 3. The standard InChI is InChI=1S/C20H19ClN6/c1-13-6-7-15(10-17(13)21)25-19-12-24-27-20(26-19)22-9-8-14-11-23-18-5-3-2-4-16(14)18/h2-7,10-12,23H,8-9H2,1H3,(H2,22,25,26,27).